The highest BCUT2D eigenvalue weighted by Gasteiger charge is 2.39. The van der Waals surface area contributed by atoms with Gasteiger partial charge in [0.15, 0.2) is 11.5 Å². The average Bonchev–Trinajstić information content (AvgIpc) is 2.63. The van der Waals surface area contributed by atoms with Crippen molar-refractivity contribution in [3.8, 4) is 17.2 Å². The van der Waals surface area contributed by atoms with E-state index >= 15 is 0 Å². The minimum Gasteiger partial charge on any atom is -0.493 e. The van der Waals surface area contributed by atoms with Crippen LogP contribution < -0.4 is 14.2 Å². The van der Waals surface area contributed by atoms with Crippen LogP contribution in [0.3, 0.4) is 0 Å². The second-order valence-corrected chi connectivity index (χ2v) is 5.59. The molecule has 0 unspecified atom stereocenters. The minimum atomic E-state index is -0.601. The zero-order valence-electron chi connectivity index (χ0n) is 14.7. The van der Waals surface area contributed by atoms with Crippen molar-refractivity contribution in [2.75, 3.05) is 21.3 Å². The Hall–Kier alpha value is -2.70. The molecule has 25 heavy (non-hydrogen) atoms. The van der Waals surface area contributed by atoms with Crippen LogP contribution in [0.25, 0.3) is 0 Å². The van der Waals surface area contributed by atoms with Gasteiger partial charge in [-0.15, -0.1) is 0 Å². The molecule has 0 aliphatic carbocycles. The SMILES string of the molecule is C=CC(=O)O[C@@H]1C[C@H](c2cc(OC)c(OC)c(OC)c2)OC(=O)[C@H]1C. The number of ether oxygens (including phenoxy) is 5. The van der Waals surface area contributed by atoms with Crippen molar-refractivity contribution in [1.29, 1.82) is 0 Å². The number of cyclic esters (lactones) is 1. The van der Waals surface area contributed by atoms with E-state index in [1.165, 1.54) is 21.3 Å². The quantitative estimate of drug-likeness (QED) is 0.576. The molecule has 0 amide bonds. The number of benzene rings is 1. The fourth-order valence-electron chi connectivity index (χ4n) is 2.70. The molecule has 1 aliphatic heterocycles. The maximum atomic E-state index is 12.2. The molecule has 1 heterocycles. The van der Waals surface area contributed by atoms with E-state index in [4.69, 9.17) is 23.7 Å². The van der Waals surface area contributed by atoms with Crippen molar-refractivity contribution in [1.82, 2.24) is 0 Å². The van der Waals surface area contributed by atoms with Crippen LogP contribution in [0.15, 0.2) is 24.8 Å². The fourth-order valence-corrected chi connectivity index (χ4v) is 2.70. The van der Waals surface area contributed by atoms with Gasteiger partial charge in [0.2, 0.25) is 5.75 Å². The molecule has 7 nitrogen and oxygen atoms in total. The van der Waals surface area contributed by atoms with Crippen LogP contribution in [0, 0.1) is 5.92 Å². The monoisotopic (exact) mass is 350 g/mol. The Morgan fingerprint density at radius 1 is 1.20 bits per heavy atom. The van der Waals surface area contributed by atoms with E-state index in [1.54, 1.807) is 19.1 Å². The summed E-state index contributed by atoms with van der Waals surface area (Å²) in [6.45, 7) is 5.04. The van der Waals surface area contributed by atoms with Gasteiger partial charge < -0.3 is 23.7 Å². The van der Waals surface area contributed by atoms with Crippen LogP contribution in [0.1, 0.15) is 25.0 Å². The number of carbonyl (C=O) groups excluding carboxylic acids is 2. The lowest BCUT2D eigenvalue weighted by molar-refractivity contribution is -0.176. The predicted molar refractivity (Wildman–Crippen MR) is 88.8 cm³/mol. The maximum absolute atomic E-state index is 12.2. The Balaban J connectivity index is 2.35. The van der Waals surface area contributed by atoms with Crippen LogP contribution >= 0.6 is 0 Å². The van der Waals surface area contributed by atoms with Crippen molar-refractivity contribution in [3.63, 3.8) is 0 Å². The largest absolute Gasteiger partial charge is 0.493 e. The molecule has 2 rings (SSSR count). The molecule has 0 N–H and O–H groups in total. The summed E-state index contributed by atoms with van der Waals surface area (Å²) in [6, 6.07) is 3.42. The molecule has 1 saturated heterocycles. The molecule has 3 atom stereocenters. The van der Waals surface area contributed by atoms with Gasteiger partial charge >= 0.3 is 11.9 Å². The van der Waals surface area contributed by atoms with E-state index in [0.717, 1.165) is 6.08 Å². The van der Waals surface area contributed by atoms with E-state index < -0.39 is 30.1 Å². The van der Waals surface area contributed by atoms with Gasteiger partial charge in [0.1, 0.15) is 12.2 Å². The Bertz CT molecular complexity index is 642. The van der Waals surface area contributed by atoms with E-state index in [-0.39, 0.29) is 0 Å². The van der Waals surface area contributed by atoms with Gasteiger partial charge in [-0.05, 0) is 19.1 Å². The molecule has 136 valence electrons. The van der Waals surface area contributed by atoms with Gasteiger partial charge in [-0.25, -0.2) is 4.79 Å². The summed E-state index contributed by atoms with van der Waals surface area (Å²) in [5.74, 6) is -0.222. The van der Waals surface area contributed by atoms with Crippen LogP contribution in [0.2, 0.25) is 0 Å². The summed E-state index contributed by atoms with van der Waals surface area (Å²) in [5, 5.41) is 0. The van der Waals surface area contributed by atoms with Gasteiger partial charge in [-0.3, -0.25) is 4.79 Å². The average molecular weight is 350 g/mol. The minimum absolute atomic E-state index is 0.325. The van der Waals surface area contributed by atoms with Gasteiger partial charge in [-0.1, -0.05) is 6.58 Å². The highest BCUT2D eigenvalue weighted by atomic mass is 16.6. The number of hydrogen-bond donors (Lipinski definition) is 0. The van der Waals surface area contributed by atoms with E-state index in [0.29, 0.717) is 29.2 Å². The second-order valence-electron chi connectivity index (χ2n) is 5.59. The maximum Gasteiger partial charge on any atom is 0.330 e. The smallest absolute Gasteiger partial charge is 0.330 e. The lowest BCUT2D eigenvalue weighted by Gasteiger charge is -2.33. The van der Waals surface area contributed by atoms with Gasteiger partial charge in [0.25, 0.3) is 0 Å². The Labute approximate surface area is 146 Å². The van der Waals surface area contributed by atoms with Gasteiger partial charge in [0, 0.05) is 18.1 Å². The lowest BCUT2D eigenvalue weighted by Crippen LogP contribution is -2.38. The first kappa shape index (κ1) is 18.6. The first-order chi connectivity index (χ1) is 11.9. The molecule has 0 saturated carbocycles. The molecule has 0 aromatic heterocycles. The second kappa shape index (κ2) is 7.92. The molecule has 7 heteroatoms. The molecule has 1 fully saturated rings. The molecule has 1 aromatic carbocycles. The lowest BCUT2D eigenvalue weighted by atomic mass is 9.92. The third-order valence-electron chi connectivity index (χ3n) is 4.13. The third-order valence-corrected chi connectivity index (χ3v) is 4.13. The first-order valence-electron chi connectivity index (χ1n) is 7.78. The van der Waals surface area contributed by atoms with E-state index in [1.807, 2.05) is 0 Å². The summed E-state index contributed by atoms with van der Waals surface area (Å²) >= 11 is 0. The molecule has 0 spiro atoms. The van der Waals surface area contributed by atoms with Crippen molar-refractivity contribution >= 4 is 11.9 Å². The summed E-state index contributed by atoms with van der Waals surface area (Å²) in [7, 11) is 4.52. The number of hydrogen-bond acceptors (Lipinski definition) is 7. The van der Waals surface area contributed by atoms with Gasteiger partial charge in [-0.2, -0.15) is 0 Å². The number of methoxy groups -OCH3 is 3. The number of rotatable bonds is 6. The zero-order valence-corrected chi connectivity index (χ0v) is 14.7. The standard InChI is InChI=1S/C18H22O7/c1-6-16(19)24-12-9-13(25-18(20)10(12)2)11-7-14(21-3)17(23-5)15(8-11)22-4/h6-8,10,12-13H,1,9H2,2-5H3/t10-,12+,13+/m0/s1. The number of carbonyl (C=O) groups is 2. The zero-order chi connectivity index (χ0) is 18.6. The number of esters is 2. The summed E-state index contributed by atoms with van der Waals surface area (Å²) < 4.78 is 26.7. The fraction of sp³-hybridized carbons (Fsp3) is 0.444. The molecule has 0 bridgehead atoms. The highest BCUT2D eigenvalue weighted by molar-refractivity contribution is 5.82. The van der Waals surface area contributed by atoms with Crippen LogP contribution in [-0.2, 0) is 19.1 Å². The molecular formula is C18H22O7. The third kappa shape index (κ3) is 3.87. The molecule has 1 aliphatic rings. The van der Waals surface area contributed by atoms with Gasteiger partial charge in [0.05, 0.1) is 27.2 Å². The van der Waals surface area contributed by atoms with E-state index in [2.05, 4.69) is 6.58 Å². The molecule has 1 aromatic rings. The Kier molecular flexibility index (Phi) is 5.90. The predicted octanol–water partition coefficient (Wildman–Crippen LogP) is 2.43. The van der Waals surface area contributed by atoms with Crippen LogP contribution in [0.5, 0.6) is 17.2 Å². The highest BCUT2D eigenvalue weighted by Crippen LogP contribution is 2.42. The Morgan fingerprint density at radius 2 is 1.80 bits per heavy atom. The normalized spacial score (nSPS) is 22.6. The summed E-state index contributed by atoms with van der Waals surface area (Å²) in [5.41, 5.74) is 0.661. The van der Waals surface area contributed by atoms with Crippen LogP contribution in [-0.4, -0.2) is 39.4 Å². The topological polar surface area (TPSA) is 80.3 Å². The van der Waals surface area contributed by atoms with Crippen LogP contribution in [0.4, 0.5) is 0 Å². The summed E-state index contributed by atoms with van der Waals surface area (Å²) in [4.78, 5) is 23.7. The van der Waals surface area contributed by atoms with E-state index in [9.17, 15) is 9.59 Å². The van der Waals surface area contributed by atoms with Crippen molar-refractivity contribution in [3.05, 3.63) is 30.4 Å². The molecule has 0 radical (unpaired) electrons. The summed E-state index contributed by atoms with van der Waals surface area (Å²) in [6.07, 6.45) is 0.197. The Morgan fingerprint density at radius 3 is 2.28 bits per heavy atom. The van der Waals surface area contributed by atoms with Crippen molar-refractivity contribution < 1.29 is 33.3 Å². The van der Waals surface area contributed by atoms with Crippen molar-refractivity contribution in [2.45, 2.75) is 25.6 Å². The van der Waals surface area contributed by atoms with Crippen molar-refractivity contribution in [2.24, 2.45) is 5.92 Å². The first-order valence-corrected chi connectivity index (χ1v) is 7.78. The molecular weight excluding hydrogens is 328 g/mol.